The molecule has 0 amide bonds. The first-order valence-corrected chi connectivity index (χ1v) is 4.67. The van der Waals surface area contributed by atoms with E-state index in [9.17, 15) is 51.8 Å². The summed E-state index contributed by atoms with van der Waals surface area (Å²) in [4.78, 5) is 11.3. The number of pyridine rings is 1. The Bertz CT molecular complexity index is 287. The molecule has 13 N–H and O–H groups in total. The monoisotopic (exact) mass is 541 g/mol. The van der Waals surface area contributed by atoms with Gasteiger partial charge < -0.3 is 76.4 Å². The Kier molecular flexibility index (Phi) is 60.9. The molecule has 0 radical (unpaired) electrons. The minimum absolute atomic E-state index is 0. The summed E-state index contributed by atoms with van der Waals surface area (Å²) < 4.78 is 117. The molecule has 28 heavy (non-hydrogen) atoms. The van der Waals surface area contributed by atoms with E-state index in [0.717, 1.165) is 0 Å². The molecular weight excluding hydrogens is 522 g/mol. The number of hydrogen-bond donors (Lipinski definition) is 5. The van der Waals surface area contributed by atoms with Crippen LogP contribution < -0.4 is 24.6 Å². The van der Waals surface area contributed by atoms with E-state index in [1.165, 1.54) is 0 Å². The summed E-state index contributed by atoms with van der Waals surface area (Å²) in [5.74, 6) is 0. The van der Waals surface area contributed by atoms with Crippen molar-refractivity contribution in [2.45, 2.75) is 0 Å². The Balaban J connectivity index is -0.0000000226. The number of hydrogen-bond acceptors (Lipinski definition) is 7. The Labute approximate surface area is 164 Å². The van der Waals surface area contributed by atoms with Crippen molar-refractivity contribution in [1.29, 1.82) is 5.59 Å². The summed E-state index contributed by atoms with van der Waals surface area (Å²) in [6.07, 6.45) is 3.50. The molecule has 0 aliphatic rings. The quantitative estimate of drug-likeness (QED) is 0.153. The molecule has 0 atom stereocenters. The maximum Gasteiger partial charge on any atom is 2.00 e. The molecule has 7 nitrogen and oxygen atoms in total. The van der Waals surface area contributed by atoms with Crippen molar-refractivity contribution in [2.75, 3.05) is 0 Å². The zero-order valence-electron chi connectivity index (χ0n) is 13.7. The predicted molar refractivity (Wildman–Crippen MR) is 81.0 cm³/mol. The fourth-order valence-electron chi connectivity index (χ4n) is 0.313. The molecule has 1 aromatic rings. The van der Waals surface area contributed by atoms with Gasteiger partial charge >= 0.3 is 41.2 Å². The Hall–Kier alpha value is -1.43. The van der Waals surface area contributed by atoms with Gasteiger partial charge in [-0.05, 0) is 12.1 Å². The largest absolute Gasteiger partial charge is 2.00 e. The minimum atomic E-state index is -6.00. The van der Waals surface area contributed by atoms with Crippen molar-refractivity contribution in [1.82, 2.24) is 29.6 Å². The van der Waals surface area contributed by atoms with E-state index < -0.39 is 21.8 Å². The number of nitroso groups, excluding NO2 is 1. The minimum Gasteiger partial charge on any atom is -0.418 e. The van der Waals surface area contributed by atoms with Gasteiger partial charge in [-0.1, -0.05) is 11.7 Å². The Morgan fingerprint density at radius 2 is 0.643 bits per heavy atom. The van der Waals surface area contributed by atoms with Crippen LogP contribution in [0.4, 0.5) is 51.8 Å². The third-order valence-electron chi connectivity index (χ3n) is 0.566. The van der Waals surface area contributed by atoms with Crippen LogP contribution in [-0.4, -0.2) is 26.7 Å². The van der Waals surface area contributed by atoms with E-state index in [2.05, 4.69) is 10.6 Å². The molecule has 0 aromatic carbocycles. The van der Waals surface area contributed by atoms with Gasteiger partial charge in [0.1, 0.15) is 0 Å². The van der Waals surface area contributed by atoms with Crippen LogP contribution in [-0.2, 0) is 19.5 Å². The maximum absolute atomic E-state index is 9.75. The van der Waals surface area contributed by atoms with Gasteiger partial charge in [-0.25, -0.2) is 0 Å². The van der Waals surface area contributed by atoms with Crippen molar-refractivity contribution in [3.05, 3.63) is 35.5 Å². The van der Waals surface area contributed by atoms with Gasteiger partial charge in [-0.15, -0.1) is 0 Å². The molecule has 23 heteroatoms. The van der Waals surface area contributed by atoms with Crippen LogP contribution in [0, 0.1) is 10.5 Å². The second-order valence-corrected chi connectivity index (χ2v) is 2.51. The fourth-order valence-corrected chi connectivity index (χ4v) is 0.313. The number of halogens is 12. The van der Waals surface area contributed by atoms with E-state index in [-0.39, 0.29) is 44.1 Å². The SMILES string of the molecule is F[B-](F)(F)F.F[B-](F)(F)F.F[B-](F)(F)F.N.N.N.N.N=O.[Ru+2].c1ccncc1. The van der Waals surface area contributed by atoms with Gasteiger partial charge in [0.15, 0.2) is 0 Å². The van der Waals surface area contributed by atoms with Crippen LogP contribution in [0.25, 0.3) is 0 Å². The van der Waals surface area contributed by atoms with E-state index in [0.29, 0.717) is 0 Å². The average Bonchev–Trinajstić information content (AvgIpc) is 2.27. The van der Waals surface area contributed by atoms with Crippen molar-refractivity contribution >= 4 is 21.8 Å². The molecule has 0 spiro atoms. The summed E-state index contributed by atoms with van der Waals surface area (Å²) in [7, 11) is -18.0. The number of nitrogens with one attached hydrogen (secondary N) is 1. The Morgan fingerprint density at radius 1 is 0.500 bits per heavy atom. The molecule has 1 aromatic heterocycles. The molecule has 0 saturated carbocycles. The molecule has 0 aliphatic carbocycles. The average molecular weight is 540 g/mol. The molecular formula is C5H18B3F12N6ORu-. The number of rotatable bonds is 0. The Morgan fingerprint density at radius 3 is 0.679 bits per heavy atom. The van der Waals surface area contributed by atoms with E-state index in [1.807, 2.05) is 18.2 Å². The first-order chi connectivity index (χ1) is 10.0. The van der Waals surface area contributed by atoms with Crippen molar-refractivity contribution in [3.8, 4) is 0 Å². The van der Waals surface area contributed by atoms with Crippen molar-refractivity contribution in [3.63, 3.8) is 0 Å². The molecule has 0 fully saturated rings. The maximum atomic E-state index is 9.75. The molecule has 176 valence electrons. The summed E-state index contributed by atoms with van der Waals surface area (Å²) in [6, 6.07) is 5.72. The molecule has 0 unspecified atom stereocenters. The molecule has 0 bridgehead atoms. The van der Waals surface area contributed by atoms with Crippen LogP contribution in [0.5, 0.6) is 0 Å². The van der Waals surface area contributed by atoms with Crippen LogP contribution in [0.3, 0.4) is 0 Å². The van der Waals surface area contributed by atoms with Crippen molar-refractivity contribution < 1.29 is 71.3 Å². The van der Waals surface area contributed by atoms with Gasteiger partial charge in [0, 0.05) is 12.4 Å². The molecule has 0 saturated heterocycles. The zero-order valence-corrected chi connectivity index (χ0v) is 15.4. The second kappa shape index (κ2) is 30.3. The third kappa shape index (κ3) is 654. The van der Waals surface area contributed by atoms with Crippen LogP contribution in [0.15, 0.2) is 30.6 Å². The molecule has 1 heterocycles. The fraction of sp³-hybridized carbons (Fsp3) is 0. The third-order valence-corrected chi connectivity index (χ3v) is 0.566. The van der Waals surface area contributed by atoms with E-state index in [1.54, 1.807) is 12.4 Å². The van der Waals surface area contributed by atoms with Crippen molar-refractivity contribution in [2.24, 2.45) is 0 Å². The normalized spacial score (nSPS) is 8.29. The van der Waals surface area contributed by atoms with E-state index >= 15 is 0 Å². The first kappa shape index (κ1) is 56.3. The van der Waals surface area contributed by atoms with E-state index in [4.69, 9.17) is 4.91 Å². The molecule has 1 rings (SSSR count). The topological polar surface area (TPSA) is 194 Å². The van der Waals surface area contributed by atoms with Gasteiger partial charge in [0.25, 0.3) is 0 Å². The first-order valence-electron chi connectivity index (χ1n) is 4.67. The van der Waals surface area contributed by atoms with Crippen LogP contribution >= 0.6 is 0 Å². The van der Waals surface area contributed by atoms with Gasteiger partial charge in [-0.2, -0.15) is 4.91 Å². The second-order valence-electron chi connectivity index (χ2n) is 2.51. The molecule has 0 aliphatic heterocycles. The summed E-state index contributed by atoms with van der Waals surface area (Å²) in [6.45, 7) is 0. The predicted octanol–water partition coefficient (Wildman–Crippen LogP) is 5.96. The zero-order chi connectivity index (χ0) is 19.7. The summed E-state index contributed by atoms with van der Waals surface area (Å²) in [5.41, 5.74) is 4.50. The number of nitrogens with zero attached hydrogens (tertiary/aromatic N) is 1. The smallest absolute Gasteiger partial charge is 0.418 e. The van der Waals surface area contributed by atoms with Crippen LogP contribution in [0.1, 0.15) is 0 Å². The summed E-state index contributed by atoms with van der Waals surface area (Å²) in [5, 5.41) is 0. The van der Waals surface area contributed by atoms with Gasteiger partial charge in [0.05, 0.1) is 0 Å². The van der Waals surface area contributed by atoms with Gasteiger partial charge in [0.2, 0.25) is 0 Å². The number of aromatic nitrogens is 1. The van der Waals surface area contributed by atoms with Gasteiger partial charge in [-0.3, -0.25) is 4.98 Å². The van der Waals surface area contributed by atoms with Crippen LogP contribution in [0.2, 0.25) is 0 Å². The summed E-state index contributed by atoms with van der Waals surface area (Å²) >= 11 is 0. The standard InChI is InChI=1S/C5H5N.3BF4.HNO.4H3N.Ru/c1-2-4-6-5-3-1;3*2-1(3,4)5;1-2;;;;;/h1-5H;;;;1H;4*1H3;/q;3*-1;;;;;;+2.